The lowest BCUT2D eigenvalue weighted by Gasteiger charge is -2.30. The second-order valence-corrected chi connectivity index (χ2v) is 7.33. The van der Waals surface area contributed by atoms with Crippen LogP contribution in [0.5, 0.6) is 0 Å². The van der Waals surface area contributed by atoms with Gasteiger partial charge < -0.3 is 0 Å². The molecule has 0 aliphatic rings. The molecule has 128 valence electrons. The molecule has 1 aromatic heterocycles. The zero-order valence-electron chi connectivity index (χ0n) is 15.7. The summed E-state index contributed by atoms with van der Waals surface area (Å²) in [5, 5.41) is 4.60. The van der Waals surface area contributed by atoms with Gasteiger partial charge >= 0.3 is 0 Å². The van der Waals surface area contributed by atoms with Gasteiger partial charge in [-0.25, -0.2) is 0 Å². The van der Waals surface area contributed by atoms with Crippen molar-refractivity contribution in [3.63, 3.8) is 0 Å². The van der Waals surface area contributed by atoms with E-state index in [1.54, 1.807) is 0 Å². The van der Waals surface area contributed by atoms with Gasteiger partial charge in [-0.05, 0) is 25.8 Å². The summed E-state index contributed by atoms with van der Waals surface area (Å²) in [6.45, 7) is 9.16. The van der Waals surface area contributed by atoms with Crippen molar-refractivity contribution in [1.29, 1.82) is 0 Å². The third kappa shape index (κ3) is 6.14. The first-order valence-electron chi connectivity index (χ1n) is 9.54. The van der Waals surface area contributed by atoms with Crippen molar-refractivity contribution < 1.29 is 0 Å². The Morgan fingerprint density at radius 3 is 1.86 bits per heavy atom. The van der Waals surface area contributed by atoms with Crippen LogP contribution in [0.25, 0.3) is 0 Å². The molecule has 0 aliphatic heterocycles. The molecule has 0 saturated carbocycles. The van der Waals surface area contributed by atoms with Crippen LogP contribution in [0, 0.1) is 6.92 Å². The predicted octanol–water partition coefficient (Wildman–Crippen LogP) is 6.32. The Morgan fingerprint density at radius 1 is 0.909 bits per heavy atom. The van der Waals surface area contributed by atoms with Crippen LogP contribution in [-0.4, -0.2) is 9.78 Å². The van der Waals surface area contributed by atoms with Gasteiger partial charge in [-0.3, -0.25) is 4.68 Å². The second kappa shape index (κ2) is 10.1. The van der Waals surface area contributed by atoms with Gasteiger partial charge in [0.05, 0.1) is 5.69 Å². The molecule has 0 radical (unpaired) electrons. The standard InChI is InChI=1S/C20H38N2/c1-6-8-10-12-14-16-20(4,15-13-11-9-7-2)19-17-18(3)21-22(19)5/h17H,6-16H2,1-5H3. The summed E-state index contributed by atoms with van der Waals surface area (Å²) >= 11 is 0. The Morgan fingerprint density at radius 2 is 1.41 bits per heavy atom. The van der Waals surface area contributed by atoms with Crippen molar-refractivity contribution in [2.24, 2.45) is 7.05 Å². The smallest absolute Gasteiger partial charge is 0.0596 e. The van der Waals surface area contributed by atoms with E-state index in [1.807, 2.05) is 0 Å². The Kier molecular flexibility index (Phi) is 8.82. The molecular formula is C20H38N2. The number of aryl methyl sites for hydroxylation is 2. The largest absolute Gasteiger partial charge is 0.272 e. The Balaban J connectivity index is 2.65. The molecule has 1 heterocycles. The summed E-state index contributed by atoms with van der Waals surface area (Å²) in [6.07, 6.45) is 14.9. The molecule has 0 bridgehead atoms. The van der Waals surface area contributed by atoms with Gasteiger partial charge in [-0.15, -0.1) is 0 Å². The summed E-state index contributed by atoms with van der Waals surface area (Å²) in [4.78, 5) is 0. The van der Waals surface area contributed by atoms with Crippen LogP contribution in [0.2, 0.25) is 0 Å². The Bertz CT molecular complexity index is 408. The summed E-state index contributed by atoms with van der Waals surface area (Å²) in [7, 11) is 2.11. The van der Waals surface area contributed by atoms with E-state index >= 15 is 0 Å². The van der Waals surface area contributed by atoms with Crippen LogP contribution in [0.15, 0.2) is 6.07 Å². The van der Waals surface area contributed by atoms with Crippen molar-refractivity contribution in [3.05, 3.63) is 17.5 Å². The Hall–Kier alpha value is -0.790. The van der Waals surface area contributed by atoms with Gasteiger partial charge in [0, 0.05) is 18.2 Å². The van der Waals surface area contributed by atoms with Gasteiger partial charge in [0.25, 0.3) is 0 Å². The van der Waals surface area contributed by atoms with Crippen LogP contribution in [-0.2, 0) is 12.5 Å². The maximum atomic E-state index is 4.60. The molecule has 0 fully saturated rings. The highest BCUT2D eigenvalue weighted by atomic mass is 15.3. The van der Waals surface area contributed by atoms with E-state index in [9.17, 15) is 0 Å². The average molecular weight is 307 g/mol. The number of aromatic nitrogens is 2. The van der Waals surface area contributed by atoms with Gasteiger partial charge in [0.15, 0.2) is 0 Å². The highest BCUT2D eigenvalue weighted by Crippen LogP contribution is 2.35. The zero-order chi connectivity index (χ0) is 16.4. The lowest BCUT2D eigenvalue weighted by atomic mass is 9.76. The fourth-order valence-electron chi connectivity index (χ4n) is 3.62. The van der Waals surface area contributed by atoms with Crippen LogP contribution in [0.3, 0.4) is 0 Å². The third-order valence-electron chi connectivity index (χ3n) is 5.03. The molecule has 1 rings (SSSR count). The Labute approximate surface area is 138 Å². The van der Waals surface area contributed by atoms with Crippen LogP contribution in [0.1, 0.15) is 103 Å². The van der Waals surface area contributed by atoms with Crippen molar-refractivity contribution in [1.82, 2.24) is 9.78 Å². The second-order valence-electron chi connectivity index (χ2n) is 7.33. The molecule has 2 nitrogen and oxygen atoms in total. The van der Waals surface area contributed by atoms with Crippen LogP contribution >= 0.6 is 0 Å². The molecule has 0 spiro atoms. The van der Waals surface area contributed by atoms with Crippen LogP contribution in [0.4, 0.5) is 0 Å². The minimum Gasteiger partial charge on any atom is -0.272 e. The first-order chi connectivity index (χ1) is 10.5. The number of hydrogen-bond donors (Lipinski definition) is 0. The monoisotopic (exact) mass is 306 g/mol. The number of rotatable bonds is 12. The highest BCUT2D eigenvalue weighted by molar-refractivity contribution is 5.19. The summed E-state index contributed by atoms with van der Waals surface area (Å²) in [5.41, 5.74) is 2.90. The molecule has 0 saturated heterocycles. The molecule has 22 heavy (non-hydrogen) atoms. The van der Waals surface area contributed by atoms with Gasteiger partial charge in [-0.1, -0.05) is 78.6 Å². The number of nitrogens with zero attached hydrogens (tertiary/aromatic N) is 2. The van der Waals surface area contributed by atoms with E-state index in [1.165, 1.54) is 76.3 Å². The topological polar surface area (TPSA) is 17.8 Å². The average Bonchev–Trinajstić information content (AvgIpc) is 2.83. The van der Waals surface area contributed by atoms with Gasteiger partial charge in [0.2, 0.25) is 0 Å². The third-order valence-corrected chi connectivity index (χ3v) is 5.03. The van der Waals surface area contributed by atoms with E-state index in [2.05, 4.69) is 50.6 Å². The first kappa shape index (κ1) is 19.3. The first-order valence-corrected chi connectivity index (χ1v) is 9.54. The number of unbranched alkanes of at least 4 members (excludes halogenated alkanes) is 7. The highest BCUT2D eigenvalue weighted by Gasteiger charge is 2.29. The van der Waals surface area contributed by atoms with Crippen molar-refractivity contribution >= 4 is 0 Å². The molecule has 1 aromatic rings. The summed E-state index contributed by atoms with van der Waals surface area (Å²) < 4.78 is 2.13. The van der Waals surface area contributed by atoms with Crippen molar-refractivity contribution in [2.75, 3.05) is 0 Å². The molecule has 0 aliphatic carbocycles. The fourth-order valence-corrected chi connectivity index (χ4v) is 3.62. The molecule has 1 unspecified atom stereocenters. The van der Waals surface area contributed by atoms with E-state index in [4.69, 9.17) is 0 Å². The zero-order valence-corrected chi connectivity index (χ0v) is 15.7. The van der Waals surface area contributed by atoms with E-state index in [0.29, 0.717) is 5.41 Å². The molecule has 1 atom stereocenters. The minimum absolute atomic E-state index is 0.302. The maximum absolute atomic E-state index is 4.60. The normalized spacial score (nSPS) is 14.2. The summed E-state index contributed by atoms with van der Waals surface area (Å²) in [6, 6.07) is 2.31. The summed E-state index contributed by atoms with van der Waals surface area (Å²) in [5.74, 6) is 0. The predicted molar refractivity (Wildman–Crippen MR) is 97.4 cm³/mol. The maximum Gasteiger partial charge on any atom is 0.0596 e. The lowest BCUT2D eigenvalue weighted by Crippen LogP contribution is -2.25. The fraction of sp³-hybridized carbons (Fsp3) is 0.850. The van der Waals surface area contributed by atoms with E-state index in [-0.39, 0.29) is 0 Å². The molecule has 0 N–H and O–H groups in total. The molecule has 0 aromatic carbocycles. The molecular weight excluding hydrogens is 268 g/mol. The van der Waals surface area contributed by atoms with Gasteiger partial charge in [-0.2, -0.15) is 5.10 Å². The van der Waals surface area contributed by atoms with E-state index < -0.39 is 0 Å². The van der Waals surface area contributed by atoms with E-state index in [0.717, 1.165) is 5.69 Å². The molecule has 0 amide bonds. The van der Waals surface area contributed by atoms with Crippen LogP contribution < -0.4 is 0 Å². The minimum atomic E-state index is 0.302. The van der Waals surface area contributed by atoms with Crippen molar-refractivity contribution in [2.45, 2.75) is 104 Å². The molecule has 2 heteroatoms. The lowest BCUT2D eigenvalue weighted by molar-refractivity contribution is 0.342. The SMILES string of the molecule is CCCCCCCC(C)(CCCCCC)c1cc(C)nn1C. The number of hydrogen-bond acceptors (Lipinski definition) is 1. The van der Waals surface area contributed by atoms with Crippen molar-refractivity contribution in [3.8, 4) is 0 Å². The van der Waals surface area contributed by atoms with Gasteiger partial charge in [0.1, 0.15) is 0 Å². The quantitative estimate of drug-likeness (QED) is 0.413.